The summed E-state index contributed by atoms with van der Waals surface area (Å²) in [4.78, 5) is 23.3. The summed E-state index contributed by atoms with van der Waals surface area (Å²) in [6.45, 7) is 3.29. The first kappa shape index (κ1) is 17.3. The summed E-state index contributed by atoms with van der Waals surface area (Å²) in [6.07, 6.45) is 5.25. The second-order valence-corrected chi connectivity index (χ2v) is 4.92. The van der Waals surface area contributed by atoms with E-state index in [-0.39, 0.29) is 0 Å². The summed E-state index contributed by atoms with van der Waals surface area (Å²) < 4.78 is 4.95. The van der Waals surface area contributed by atoms with Crippen LogP contribution < -0.4 is 5.32 Å². The van der Waals surface area contributed by atoms with Gasteiger partial charge in [0.05, 0.1) is 10.7 Å². The van der Waals surface area contributed by atoms with Gasteiger partial charge in [0, 0.05) is 11.1 Å². The third-order valence-electron chi connectivity index (χ3n) is 2.38. The first-order chi connectivity index (χ1) is 9.93. The molecule has 1 rings (SSSR count). The number of benzene rings is 1. The molecule has 0 heterocycles. The number of esters is 1. The Labute approximate surface area is 133 Å². The first-order valence-electron chi connectivity index (χ1n) is 6.20. The van der Waals surface area contributed by atoms with Crippen LogP contribution in [0.4, 0.5) is 5.69 Å². The van der Waals surface area contributed by atoms with E-state index < -0.39 is 18.0 Å². The number of halogens is 2. The van der Waals surface area contributed by atoms with Gasteiger partial charge in [-0.15, -0.1) is 0 Å². The highest BCUT2D eigenvalue weighted by molar-refractivity contribution is 6.35. The SMILES string of the molecule is C/C=C/C=C/C(=O)OC(C)C(=O)Nc1cc(Cl)ccc1Cl. The molecule has 1 unspecified atom stereocenters. The van der Waals surface area contributed by atoms with E-state index in [4.69, 9.17) is 27.9 Å². The molecule has 21 heavy (non-hydrogen) atoms. The van der Waals surface area contributed by atoms with Gasteiger partial charge in [0.1, 0.15) is 0 Å². The van der Waals surface area contributed by atoms with Crippen LogP contribution in [-0.4, -0.2) is 18.0 Å². The number of carbonyl (C=O) groups excluding carboxylic acids is 2. The zero-order chi connectivity index (χ0) is 15.8. The maximum Gasteiger partial charge on any atom is 0.331 e. The zero-order valence-corrected chi connectivity index (χ0v) is 13.1. The van der Waals surface area contributed by atoms with Crippen molar-refractivity contribution in [3.63, 3.8) is 0 Å². The second kappa shape index (κ2) is 8.49. The van der Waals surface area contributed by atoms with Crippen molar-refractivity contribution in [2.45, 2.75) is 20.0 Å². The molecule has 0 fully saturated rings. The third kappa shape index (κ3) is 6.02. The lowest BCUT2D eigenvalue weighted by Crippen LogP contribution is -2.29. The quantitative estimate of drug-likeness (QED) is 0.505. The van der Waals surface area contributed by atoms with Crippen LogP contribution in [0.1, 0.15) is 13.8 Å². The van der Waals surface area contributed by atoms with Gasteiger partial charge in [0.25, 0.3) is 5.91 Å². The minimum atomic E-state index is -0.956. The predicted octanol–water partition coefficient (Wildman–Crippen LogP) is 4.00. The number of amides is 1. The molecule has 0 spiro atoms. The summed E-state index contributed by atoms with van der Waals surface area (Å²) in [5.74, 6) is -1.10. The number of allylic oxidation sites excluding steroid dienone is 3. The monoisotopic (exact) mass is 327 g/mol. The van der Waals surface area contributed by atoms with E-state index in [0.717, 1.165) is 0 Å². The topological polar surface area (TPSA) is 55.4 Å². The van der Waals surface area contributed by atoms with Crippen molar-refractivity contribution in [2.24, 2.45) is 0 Å². The largest absolute Gasteiger partial charge is 0.449 e. The van der Waals surface area contributed by atoms with Crippen LogP contribution in [0.3, 0.4) is 0 Å². The number of carbonyl (C=O) groups is 2. The molecule has 1 amide bonds. The lowest BCUT2D eigenvalue weighted by Gasteiger charge is -2.13. The molecule has 4 nitrogen and oxygen atoms in total. The van der Waals surface area contributed by atoms with Gasteiger partial charge >= 0.3 is 5.97 Å². The highest BCUT2D eigenvalue weighted by atomic mass is 35.5. The van der Waals surface area contributed by atoms with E-state index >= 15 is 0 Å². The molecule has 0 radical (unpaired) electrons. The molecule has 1 aromatic carbocycles. The molecule has 0 aromatic heterocycles. The molecule has 0 aliphatic carbocycles. The normalized spacial score (nSPS) is 12.6. The predicted molar refractivity (Wildman–Crippen MR) is 84.6 cm³/mol. The van der Waals surface area contributed by atoms with Crippen LogP contribution in [0, 0.1) is 0 Å². The molecular weight excluding hydrogens is 313 g/mol. The van der Waals surface area contributed by atoms with Crippen LogP contribution in [0.25, 0.3) is 0 Å². The molecule has 1 atom stereocenters. The Bertz CT molecular complexity index is 582. The van der Waals surface area contributed by atoms with Gasteiger partial charge in [-0.1, -0.05) is 41.4 Å². The Kier molecular flexibility index (Phi) is 6.99. The summed E-state index contributed by atoms with van der Waals surface area (Å²) in [7, 11) is 0. The maximum absolute atomic E-state index is 11.9. The van der Waals surface area contributed by atoms with Crippen molar-refractivity contribution in [3.05, 3.63) is 52.5 Å². The number of anilines is 1. The van der Waals surface area contributed by atoms with Crippen LogP contribution in [-0.2, 0) is 14.3 Å². The van der Waals surface area contributed by atoms with E-state index in [1.807, 2.05) is 6.92 Å². The Hall–Kier alpha value is -1.78. The van der Waals surface area contributed by atoms with Gasteiger partial charge in [0.15, 0.2) is 6.10 Å². The highest BCUT2D eigenvalue weighted by Crippen LogP contribution is 2.25. The molecule has 0 saturated heterocycles. The minimum Gasteiger partial charge on any atom is -0.449 e. The van der Waals surface area contributed by atoms with Gasteiger partial charge < -0.3 is 10.1 Å². The van der Waals surface area contributed by atoms with Gasteiger partial charge in [-0.25, -0.2) is 4.79 Å². The van der Waals surface area contributed by atoms with Crippen LogP contribution in [0.5, 0.6) is 0 Å². The lowest BCUT2D eigenvalue weighted by atomic mass is 10.3. The fraction of sp³-hybridized carbons (Fsp3) is 0.200. The summed E-state index contributed by atoms with van der Waals surface area (Å²) in [5, 5.41) is 3.34. The molecule has 1 aromatic rings. The first-order valence-corrected chi connectivity index (χ1v) is 6.95. The van der Waals surface area contributed by atoms with E-state index in [0.29, 0.717) is 15.7 Å². The van der Waals surface area contributed by atoms with Gasteiger partial charge in [-0.3, -0.25) is 4.79 Å². The van der Waals surface area contributed by atoms with E-state index in [9.17, 15) is 9.59 Å². The van der Waals surface area contributed by atoms with Crippen molar-refractivity contribution in [1.82, 2.24) is 0 Å². The van der Waals surface area contributed by atoms with Crippen molar-refractivity contribution < 1.29 is 14.3 Å². The molecule has 0 aliphatic heterocycles. The van der Waals surface area contributed by atoms with E-state index in [1.54, 1.807) is 24.3 Å². The highest BCUT2D eigenvalue weighted by Gasteiger charge is 2.17. The Morgan fingerprint density at radius 1 is 1.29 bits per heavy atom. The van der Waals surface area contributed by atoms with Crippen molar-refractivity contribution in [1.29, 1.82) is 0 Å². The van der Waals surface area contributed by atoms with Gasteiger partial charge in [0.2, 0.25) is 0 Å². The fourth-order valence-corrected chi connectivity index (χ4v) is 1.68. The molecule has 0 aliphatic rings. The van der Waals surface area contributed by atoms with Crippen molar-refractivity contribution >= 4 is 40.8 Å². The molecule has 0 saturated carbocycles. The average molecular weight is 328 g/mol. The summed E-state index contributed by atoms with van der Waals surface area (Å²) in [6, 6.07) is 4.69. The Morgan fingerprint density at radius 2 is 2.00 bits per heavy atom. The molecule has 0 bridgehead atoms. The Balaban J connectivity index is 2.62. The van der Waals surface area contributed by atoms with Crippen molar-refractivity contribution in [3.8, 4) is 0 Å². The average Bonchev–Trinajstić information content (AvgIpc) is 2.43. The number of hydrogen-bond acceptors (Lipinski definition) is 3. The standard InChI is InChI=1S/C15H15Cl2NO3/c1-3-4-5-6-14(19)21-10(2)15(20)18-13-9-11(16)7-8-12(13)17/h3-10H,1-2H3,(H,18,20)/b4-3+,6-5+. The van der Waals surface area contributed by atoms with E-state index in [2.05, 4.69) is 5.32 Å². The van der Waals surface area contributed by atoms with Crippen LogP contribution in [0.2, 0.25) is 10.0 Å². The number of hydrogen-bond donors (Lipinski definition) is 1. The third-order valence-corrected chi connectivity index (χ3v) is 2.95. The zero-order valence-electron chi connectivity index (χ0n) is 11.6. The fourth-order valence-electron chi connectivity index (χ4n) is 1.34. The van der Waals surface area contributed by atoms with Crippen molar-refractivity contribution in [2.75, 3.05) is 5.32 Å². The molecule has 112 valence electrons. The Morgan fingerprint density at radius 3 is 2.67 bits per heavy atom. The molecular formula is C15H15Cl2NO3. The van der Waals surface area contributed by atoms with E-state index in [1.165, 1.54) is 25.1 Å². The second-order valence-electron chi connectivity index (χ2n) is 4.08. The summed E-state index contributed by atoms with van der Waals surface area (Å²) >= 11 is 11.8. The minimum absolute atomic E-state index is 0.347. The maximum atomic E-state index is 11.9. The number of ether oxygens (including phenoxy) is 1. The molecule has 6 heteroatoms. The van der Waals surface area contributed by atoms with Crippen LogP contribution in [0.15, 0.2) is 42.5 Å². The smallest absolute Gasteiger partial charge is 0.331 e. The molecule has 1 N–H and O–H groups in total. The summed E-state index contributed by atoms with van der Waals surface area (Å²) in [5.41, 5.74) is 0.363. The van der Waals surface area contributed by atoms with Gasteiger partial charge in [-0.05, 0) is 32.0 Å². The van der Waals surface area contributed by atoms with Crippen LogP contribution >= 0.6 is 23.2 Å². The van der Waals surface area contributed by atoms with Gasteiger partial charge in [-0.2, -0.15) is 0 Å². The number of nitrogens with one attached hydrogen (secondary N) is 1. The number of rotatable bonds is 5. The lowest BCUT2D eigenvalue weighted by molar-refractivity contribution is -0.148.